The van der Waals surface area contributed by atoms with E-state index in [1.807, 2.05) is 24.3 Å². The molecule has 1 aromatic rings. The Bertz CT molecular complexity index is 909. The van der Waals surface area contributed by atoms with Gasteiger partial charge in [0.15, 0.2) is 0 Å². The highest BCUT2D eigenvalue weighted by Gasteiger charge is 2.42. The first-order chi connectivity index (χ1) is 15.6. The quantitative estimate of drug-likeness (QED) is 0.680. The van der Waals surface area contributed by atoms with E-state index in [4.69, 9.17) is 4.74 Å². The van der Waals surface area contributed by atoms with Crippen LogP contribution in [0.1, 0.15) is 81.0 Å². The lowest BCUT2D eigenvalue weighted by Gasteiger charge is -2.47. The maximum Gasteiger partial charge on any atom is 0.255 e. The van der Waals surface area contributed by atoms with E-state index >= 15 is 0 Å². The van der Waals surface area contributed by atoms with Crippen molar-refractivity contribution in [2.24, 2.45) is 23.7 Å². The van der Waals surface area contributed by atoms with Gasteiger partial charge in [-0.15, -0.1) is 0 Å². The lowest BCUT2D eigenvalue weighted by Crippen LogP contribution is -2.41. The molecule has 0 radical (unpaired) electrons. The Kier molecular flexibility index (Phi) is 5.23. The van der Waals surface area contributed by atoms with Gasteiger partial charge in [0.1, 0.15) is 5.75 Å². The van der Waals surface area contributed by atoms with Crippen LogP contribution in [0.3, 0.4) is 0 Å². The minimum absolute atomic E-state index is 0.0124. The zero-order valence-corrected chi connectivity index (χ0v) is 18.8. The van der Waals surface area contributed by atoms with Crippen molar-refractivity contribution in [3.8, 4) is 5.75 Å². The fourth-order valence-corrected chi connectivity index (χ4v) is 6.67. The third kappa shape index (κ3) is 4.18. The average Bonchev–Trinajstić information content (AvgIpc) is 3.63. The summed E-state index contributed by atoms with van der Waals surface area (Å²) >= 11 is 0. The molecule has 0 aliphatic heterocycles. The van der Waals surface area contributed by atoms with Crippen molar-refractivity contribution in [1.82, 2.24) is 10.6 Å². The van der Waals surface area contributed by atoms with Crippen LogP contribution in [0, 0.1) is 23.7 Å². The molecule has 2 amide bonds. The molecule has 4 bridgehead atoms. The molecule has 0 saturated heterocycles. The van der Waals surface area contributed by atoms with Crippen molar-refractivity contribution in [3.05, 3.63) is 41.1 Å². The topological polar surface area (TPSA) is 67.4 Å². The summed E-state index contributed by atoms with van der Waals surface area (Å²) in [5, 5.41) is 6.47. The van der Waals surface area contributed by atoms with Crippen LogP contribution >= 0.6 is 0 Å². The van der Waals surface area contributed by atoms with Crippen LogP contribution in [0.5, 0.6) is 5.75 Å². The zero-order chi connectivity index (χ0) is 21.7. The van der Waals surface area contributed by atoms with E-state index in [2.05, 4.69) is 10.6 Å². The van der Waals surface area contributed by atoms with Crippen LogP contribution in [0.2, 0.25) is 0 Å². The normalized spacial score (nSPS) is 33.2. The van der Waals surface area contributed by atoms with Crippen LogP contribution in [-0.4, -0.2) is 24.0 Å². The number of ether oxygens (including phenoxy) is 1. The van der Waals surface area contributed by atoms with Crippen molar-refractivity contribution < 1.29 is 14.3 Å². The van der Waals surface area contributed by atoms with Crippen LogP contribution in [0.25, 0.3) is 0 Å². The number of hydrogen-bond acceptors (Lipinski definition) is 3. The molecule has 2 unspecified atom stereocenters. The summed E-state index contributed by atoms with van der Waals surface area (Å²) in [6.07, 6.45) is 12.5. The van der Waals surface area contributed by atoms with Gasteiger partial charge in [-0.1, -0.05) is 0 Å². The number of nitrogens with one attached hydrogen (secondary N) is 2. The minimum atomic E-state index is 0.0124. The van der Waals surface area contributed by atoms with E-state index in [9.17, 15) is 9.59 Å². The van der Waals surface area contributed by atoms with E-state index in [0.717, 1.165) is 56.1 Å². The molecule has 1 aromatic carbocycles. The molecule has 0 aromatic heterocycles. The number of rotatable bonds is 6. The standard InChI is InChI=1S/C27H34N2O3/c30-26(18-1-2-18)28-22-5-9-24(10-6-22)32-23-7-3-19(4-8-23)27(31)29-25-20-12-16-11-17(14-20)15-21(25)13-16/h3-4,7-8,16-18,20,22,24H,1-2,5-6,9-15H2,(H,28,30)(H,29,31). The molecule has 2 N–H and O–H groups in total. The molecule has 0 spiro atoms. The monoisotopic (exact) mass is 434 g/mol. The number of benzene rings is 1. The summed E-state index contributed by atoms with van der Waals surface area (Å²) in [5.41, 5.74) is 3.46. The van der Waals surface area contributed by atoms with Gasteiger partial charge in [0.25, 0.3) is 5.91 Å². The molecule has 170 valence electrons. The highest BCUT2D eigenvalue weighted by molar-refractivity contribution is 5.95. The van der Waals surface area contributed by atoms with Crippen LogP contribution in [0.15, 0.2) is 35.5 Å². The third-order valence-electron chi connectivity index (χ3n) is 8.40. The van der Waals surface area contributed by atoms with E-state index in [1.165, 1.54) is 43.4 Å². The van der Waals surface area contributed by atoms with E-state index < -0.39 is 0 Å². The Hall–Kier alpha value is -2.30. The van der Waals surface area contributed by atoms with E-state index in [-0.39, 0.29) is 23.8 Å². The predicted octanol–water partition coefficient (Wildman–Crippen LogP) is 4.73. The van der Waals surface area contributed by atoms with Gasteiger partial charge in [-0.25, -0.2) is 0 Å². The summed E-state index contributed by atoms with van der Waals surface area (Å²) in [6.45, 7) is 0. The highest BCUT2D eigenvalue weighted by Crippen LogP contribution is 2.52. The van der Waals surface area contributed by atoms with Crippen molar-refractivity contribution >= 4 is 11.8 Å². The zero-order valence-electron chi connectivity index (χ0n) is 18.8. The smallest absolute Gasteiger partial charge is 0.255 e. The van der Waals surface area contributed by atoms with Gasteiger partial charge in [-0.05, 0) is 118 Å². The molecule has 5 nitrogen and oxygen atoms in total. The fraction of sp³-hybridized carbons (Fsp3) is 0.630. The molecule has 4 fully saturated rings. The second-order valence-corrected chi connectivity index (χ2v) is 10.9. The molecule has 5 heteroatoms. The Morgan fingerprint density at radius 3 is 2.16 bits per heavy atom. The predicted molar refractivity (Wildman–Crippen MR) is 122 cm³/mol. The molecule has 6 aliphatic rings. The summed E-state index contributed by atoms with van der Waals surface area (Å²) in [6, 6.07) is 7.91. The van der Waals surface area contributed by atoms with Crippen molar-refractivity contribution in [1.29, 1.82) is 0 Å². The highest BCUT2D eigenvalue weighted by atomic mass is 16.5. The van der Waals surface area contributed by atoms with Crippen LogP contribution in [-0.2, 0) is 4.79 Å². The number of allylic oxidation sites excluding steroid dienone is 2. The molecule has 0 heterocycles. The molecule has 4 saturated carbocycles. The van der Waals surface area contributed by atoms with E-state index in [0.29, 0.717) is 17.5 Å². The first kappa shape index (κ1) is 20.3. The molecular weight excluding hydrogens is 400 g/mol. The van der Waals surface area contributed by atoms with Gasteiger partial charge < -0.3 is 15.4 Å². The largest absolute Gasteiger partial charge is 0.490 e. The maximum absolute atomic E-state index is 12.9. The van der Waals surface area contributed by atoms with Gasteiger partial charge in [0, 0.05) is 23.2 Å². The van der Waals surface area contributed by atoms with Crippen molar-refractivity contribution in [3.63, 3.8) is 0 Å². The summed E-state index contributed by atoms with van der Waals surface area (Å²) < 4.78 is 6.18. The SMILES string of the molecule is O=C(NC1=C2CC3CC(C2)CC1C3)c1ccc(OC2CCC(NC(=O)C3CC3)CC2)cc1. The number of carbonyl (C=O) groups is 2. The third-order valence-corrected chi connectivity index (χ3v) is 8.40. The Morgan fingerprint density at radius 2 is 1.53 bits per heavy atom. The summed E-state index contributed by atoms with van der Waals surface area (Å²) in [4.78, 5) is 24.8. The van der Waals surface area contributed by atoms with Gasteiger partial charge in [0.2, 0.25) is 5.91 Å². The van der Waals surface area contributed by atoms with E-state index in [1.54, 1.807) is 0 Å². The lowest BCUT2D eigenvalue weighted by atomic mass is 9.60. The minimum Gasteiger partial charge on any atom is -0.490 e. The van der Waals surface area contributed by atoms with Gasteiger partial charge >= 0.3 is 0 Å². The fourth-order valence-electron chi connectivity index (χ4n) is 6.67. The van der Waals surface area contributed by atoms with Crippen molar-refractivity contribution in [2.75, 3.05) is 0 Å². The molecule has 6 aliphatic carbocycles. The second kappa shape index (κ2) is 8.24. The van der Waals surface area contributed by atoms with Gasteiger partial charge in [-0.3, -0.25) is 9.59 Å². The number of amides is 2. The first-order valence-corrected chi connectivity index (χ1v) is 12.7. The number of hydrogen-bond donors (Lipinski definition) is 2. The molecular formula is C27H34N2O3. The maximum atomic E-state index is 12.9. The summed E-state index contributed by atoms with van der Waals surface area (Å²) in [5.74, 6) is 3.66. The second-order valence-electron chi connectivity index (χ2n) is 10.9. The van der Waals surface area contributed by atoms with Gasteiger partial charge in [-0.2, -0.15) is 0 Å². The Morgan fingerprint density at radius 1 is 0.844 bits per heavy atom. The summed E-state index contributed by atoms with van der Waals surface area (Å²) in [7, 11) is 0. The Labute approximate surface area is 190 Å². The Balaban J connectivity index is 1.01. The molecule has 32 heavy (non-hydrogen) atoms. The van der Waals surface area contributed by atoms with Crippen LogP contribution < -0.4 is 15.4 Å². The number of carbonyl (C=O) groups excluding carboxylic acids is 2. The van der Waals surface area contributed by atoms with Crippen LogP contribution in [0.4, 0.5) is 0 Å². The molecule has 7 rings (SSSR count). The van der Waals surface area contributed by atoms with Crippen molar-refractivity contribution in [2.45, 2.75) is 82.8 Å². The lowest BCUT2D eigenvalue weighted by molar-refractivity contribution is -0.123. The average molecular weight is 435 g/mol. The first-order valence-electron chi connectivity index (χ1n) is 12.7. The van der Waals surface area contributed by atoms with Gasteiger partial charge in [0.05, 0.1) is 6.10 Å². The molecule has 2 atom stereocenters.